The summed E-state index contributed by atoms with van der Waals surface area (Å²) in [4.78, 5) is 0. The largest absolute Gasteiger partial charge is 0.313 e. The van der Waals surface area contributed by atoms with E-state index < -0.39 is 10.0 Å². The van der Waals surface area contributed by atoms with E-state index in [1.807, 2.05) is 12.3 Å². The van der Waals surface area contributed by atoms with Crippen LogP contribution in [0.5, 0.6) is 0 Å². The molecule has 1 aromatic heterocycles. The fraction of sp³-hybridized carbons (Fsp3) is 0.667. The predicted octanol–water partition coefficient (Wildman–Crippen LogP) is 1.94. The van der Waals surface area contributed by atoms with Crippen LogP contribution in [-0.2, 0) is 16.6 Å². The molecule has 0 radical (unpaired) electrons. The molecule has 0 unspecified atom stereocenters. The Kier molecular flexibility index (Phi) is 4.77. The number of hydrogen-bond acceptors (Lipinski definition) is 4. The predicted molar refractivity (Wildman–Crippen MR) is 74.2 cm³/mol. The van der Waals surface area contributed by atoms with E-state index >= 15 is 0 Å². The van der Waals surface area contributed by atoms with E-state index in [4.69, 9.17) is 0 Å². The molecule has 1 aliphatic rings. The van der Waals surface area contributed by atoms with Gasteiger partial charge in [0.15, 0.2) is 0 Å². The number of sulfonamides is 1. The van der Waals surface area contributed by atoms with Crippen molar-refractivity contribution in [1.29, 1.82) is 0 Å². The SMILES string of the molecule is CCNCc1csc(S(=O)(=O)NCC2CCC2)c1. The van der Waals surface area contributed by atoms with E-state index in [-0.39, 0.29) is 0 Å². The number of rotatable bonds is 7. The number of hydrogen-bond donors (Lipinski definition) is 2. The summed E-state index contributed by atoms with van der Waals surface area (Å²) in [5, 5.41) is 5.09. The molecule has 0 amide bonds. The third-order valence-corrected chi connectivity index (χ3v) is 6.17. The van der Waals surface area contributed by atoms with Gasteiger partial charge in [0.25, 0.3) is 0 Å². The van der Waals surface area contributed by atoms with E-state index in [9.17, 15) is 8.42 Å². The number of nitrogens with one attached hydrogen (secondary N) is 2. The van der Waals surface area contributed by atoms with Gasteiger partial charge in [0.2, 0.25) is 10.0 Å². The van der Waals surface area contributed by atoms with Gasteiger partial charge in [0.05, 0.1) is 0 Å². The fourth-order valence-corrected chi connectivity index (χ4v) is 4.22. The lowest BCUT2D eigenvalue weighted by Crippen LogP contribution is -2.31. The lowest BCUT2D eigenvalue weighted by atomic mass is 9.86. The minimum absolute atomic E-state index is 0.426. The van der Waals surface area contributed by atoms with Crippen LogP contribution in [-0.4, -0.2) is 21.5 Å². The summed E-state index contributed by atoms with van der Waals surface area (Å²) in [7, 11) is -3.30. The standard InChI is InChI=1S/C12H20N2O2S2/c1-2-13-7-11-6-12(17-9-11)18(15,16)14-8-10-4-3-5-10/h6,9-10,13-14H,2-5,7-8H2,1H3. The Morgan fingerprint density at radius 1 is 1.44 bits per heavy atom. The Balaban J connectivity index is 1.93. The van der Waals surface area contributed by atoms with Gasteiger partial charge in [0, 0.05) is 13.1 Å². The van der Waals surface area contributed by atoms with Gasteiger partial charge in [-0.15, -0.1) is 11.3 Å². The molecule has 1 fully saturated rings. The maximum Gasteiger partial charge on any atom is 0.250 e. The second-order valence-corrected chi connectivity index (χ2v) is 7.61. The molecule has 6 heteroatoms. The van der Waals surface area contributed by atoms with Crippen molar-refractivity contribution in [3.05, 3.63) is 17.0 Å². The summed E-state index contributed by atoms with van der Waals surface area (Å²) in [6, 6.07) is 1.76. The third-order valence-electron chi connectivity index (χ3n) is 3.26. The first-order valence-electron chi connectivity index (χ1n) is 6.39. The Labute approximate surface area is 113 Å². The van der Waals surface area contributed by atoms with Crippen LogP contribution in [0.1, 0.15) is 31.7 Å². The monoisotopic (exact) mass is 288 g/mol. The molecule has 2 N–H and O–H groups in total. The lowest BCUT2D eigenvalue weighted by molar-refractivity contribution is 0.316. The van der Waals surface area contributed by atoms with Crippen LogP contribution in [0, 0.1) is 5.92 Å². The average Bonchev–Trinajstić information content (AvgIpc) is 2.73. The fourth-order valence-electron chi connectivity index (χ4n) is 1.85. The van der Waals surface area contributed by atoms with Gasteiger partial charge in [-0.3, -0.25) is 0 Å². The Hall–Kier alpha value is -0.430. The summed E-state index contributed by atoms with van der Waals surface area (Å²) >= 11 is 1.29. The minimum atomic E-state index is -3.30. The molecule has 2 rings (SSSR count). The summed E-state index contributed by atoms with van der Waals surface area (Å²) in [6.45, 7) is 4.23. The van der Waals surface area contributed by atoms with Gasteiger partial charge in [-0.25, -0.2) is 13.1 Å². The summed E-state index contributed by atoms with van der Waals surface area (Å²) in [6.07, 6.45) is 3.54. The highest BCUT2D eigenvalue weighted by atomic mass is 32.2. The molecular weight excluding hydrogens is 268 g/mol. The topological polar surface area (TPSA) is 58.2 Å². The molecular formula is C12H20N2O2S2. The van der Waals surface area contributed by atoms with E-state index in [0.29, 0.717) is 16.7 Å². The van der Waals surface area contributed by atoms with Gasteiger partial charge < -0.3 is 5.32 Å². The van der Waals surface area contributed by atoms with Crippen molar-refractivity contribution in [2.75, 3.05) is 13.1 Å². The molecule has 0 aliphatic heterocycles. The minimum Gasteiger partial charge on any atom is -0.313 e. The van der Waals surface area contributed by atoms with E-state index in [1.165, 1.54) is 17.8 Å². The van der Waals surface area contributed by atoms with Crippen molar-refractivity contribution >= 4 is 21.4 Å². The van der Waals surface area contributed by atoms with Gasteiger partial charge in [0.1, 0.15) is 4.21 Å². The van der Waals surface area contributed by atoms with Gasteiger partial charge >= 0.3 is 0 Å². The summed E-state index contributed by atoms with van der Waals surface area (Å²) in [5.41, 5.74) is 1.03. The van der Waals surface area contributed by atoms with E-state index in [1.54, 1.807) is 6.07 Å². The van der Waals surface area contributed by atoms with Crippen molar-refractivity contribution in [3.63, 3.8) is 0 Å². The second kappa shape index (κ2) is 6.14. The Bertz CT molecular complexity index is 478. The first-order chi connectivity index (χ1) is 8.62. The first kappa shape index (κ1) is 14.0. The number of thiophene rings is 1. The zero-order chi connectivity index (χ0) is 13.0. The van der Waals surface area contributed by atoms with Crippen LogP contribution >= 0.6 is 11.3 Å². The molecule has 4 nitrogen and oxygen atoms in total. The zero-order valence-electron chi connectivity index (χ0n) is 10.6. The lowest BCUT2D eigenvalue weighted by Gasteiger charge is -2.25. The van der Waals surface area contributed by atoms with Crippen molar-refractivity contribution in [3.8, 4) is 0 Å². The highest BCUT2D eigenvalue weighted by molar-refractivity contribution is 7.91. The van der Waals surface area contributed by atoms with Crippen molar-refractivity contribution in [2.45, 2.75) is 36.9 Å². The van der Waals surface area contributed by atoms with Gasteiger partial charge in [-0.1, -0.05) is 13.3 Å². The molecule has 0 spiro atoms. The quantitative estimate of drug-likeness (QED) is 0.806. The Morgan fingerprint density at radius 3 is 2.83 bits per heavy atom. The highest BCUT2D eigenvalue weighted by Gasteiger charge is 2.22. The summed E-state index contributed by atoms with van der Waals surface area (Å²) in [5.74, 6) is 0.543. The van der Waals surface area contributed by atoms with E-state index in [2.05, 4.69) is 10.0 Å². The third kappa shape index (κ3) is 3.54. The maximum atomic E-state index is 12.0. The molecule has 0 aromatic carbocycles. The molecule has 1 aromatic rings. The van der Waals surface area contributed by atoms with Crippen LogP contribution in [0.15, 0.2) is 15.7 Å². The zero-order valence-corrected chi connectivity index (χ0v) is 12.2. The van der Waals surface area contributed by atoms with Crippen molar-refractivity contribution in [1.82, 2.24) is 10.0 Å². The van der Waals surface area contributed by atoms with Crippen LogP contribution in [0.2, 0.25) is 0 Å². The van der Waals surface area contributed by atoms with Crippen LogP contribution in [0.3, 0.4) is 0 Å². The molecule has 0 bridgehead atoms. The summed E-state index contributed by atoms with van der Waals surface area (Å²) < 4.78 is 27.2. The molecule has 0 saturated heterocycles. The highest BCUT2D eigenvalue weighted by Crippen LogP contribution is 2.26. The Morgan fingerprint density at radius 2 is 2.22 bits per heavy atom. The average molecular weight is 288 g/mol. The van der Waals surface area contributed by atoms with Crippen LogP contribution in [0.25, 0.3) is 0 Å². The normalized spacial score (nSPS) is 16.7. The first-order valence-corrected chi connectivity index (χ1v) is 8.76. The van der Waals surface area contributed by atoms with Gasteiger partial charge in [-0.05, 0) is 42.3 Å². The maximum absolute atomic E-state index is 12.0. The molecule has 18 heavy (non-hydrogen) atoms. The molecule has 102 valence electrons. The molecule has 1 heterocycles. The van der Waals surface area contributed by atoms with Gasteiger partial charge in [-0.2, -0.15) is 0 Å². The van der Waals surface area contributed by atoms with Crippen molar-refractivity contribution in [2.24, 2.45) is 5.92 Å². The van der Waals surface area contributed by atoms with Crippen LogP contribution < -0.4 is 10.0 Å². The molecule has 1 aliphatic carbocycles. The van der Waals surface area contributed by atoms with E-state index in [0.717, 1.165) is 31.5 Å². The molecule has 0 atom stereocenters. The van der Waals surface area contributed by atoms with Crippen LogP contribution in [0.4, 0.5) is 0 Å². The van der Waals surface area contributed by atoms with Crippen molar-refractivity contribution < 1.29 is 8.42 Å². The molecule has 1 saturated carbocycles. The second-order valence-electron chi connectivity index (χ2n) is 4.70. The smallest absolute Gasteiger partial charge is 0.250 e.